The van der Waals surface area contributed by atoms with Gasteiger partial charge in [0.1, 0.15) is 0 Å². The Morgan fingerprint density at radius 1 is 1.36 bits per heavy atom. The largest absolute Gasteiger partial charge is 0.373 e. The van der Waals surface area contributed by atoms with Gasteiger partial charge in [0.05, 0.1) is 5.84 Å². The summed E-state index contributed by atoms with van der Waals surface area (Å²) in [4.78, 5) is 4.53. The first-order chi connectivity index (χ1) is 6.85. The van der Waals surface area contributed by atoms with Gasteiger partial charge in [0.15, 0.2) is 0 Å². The maximum atomic E-state index is 4.53. The predicted octanol–water partition coefficient (Wildman–Crippen LogP) is 2.74. The summed E-state index contributed by atoms with van der Waals surface area (Å²) in [5.74, 6) is 1.28. The molecule has 1 fully saturated rings. The van der Waals surface area contributed by atoms with Crippen molar-refractivity contribution in [3.05, 3.63) is 0 Å². The van der Waals surface area contributed by atoms with Gasteiger partial charge in [0.2, 0.25) is 0 Å². The fourth-order valence-electron chi connectivity index (χ4n) is 2.35. The molecule has 0 bridgehead atoms. The predicted molar refractivity (Wildman–Crippen MR) is 60.7 cm³/mol. The van der Waals surface area contributed by atoms with Crippen molar-refractivity contribution in [2.24, 2.45) is 10.4 Å². The van der Waals surface area contributed by atoms with Gasteiger partial charge in [0, 0.05) is 19.5 Å². The van der Waals surface area contributed by atoms with Crippen molar-refractivity contribution < 1.29 is 0 Å². The van der Waals surface area contributed by atoms with Crippen LogP contribution in [0.25, 0.3) is 0 Å². The maximum Gasteiger partial charge on any atom is 0.0963 e. The lowest BCUT2D eigenvalue weighted by Crippen LogP contribution is -2.31. The van der Waals surface area contributed by atoms with E-state index in [9.17, 15) is 0 Å². The lowest BCUT2D eigenvalue weighted by molar-refractivity contribution is 0.449. The minimum absolute atomic E-state index is 0.661. The molecule has 0 aromatic heterocycles. The third-order valence-electron chi connectivity index (χ3n) is 3.53. The van der Waals surface area contributed by atoms with E-state index in [1.54, 1.807) is 0 Å². The zero-order valence-corrected chi connectivity index (χ0v) is 9.31. The summed E-state index contributed by atoms with van der Waals surface area (Å²) in [5.41, 5.74) is 0.661. The highest BCUT2D eigenvalue weighted by molar-refractivity contribution is 5.82. The molecular formula is C12H22N2. The Morgan fingerprint density at radius 3 is 2.79 bits per heavy atom. The Bertz CT molecular complexity index is 216. The molecule has 1 aliphatic carbocycles. The van der Waals surface area contributed by atoms with E-state index in [0.29, 0.717) is 5.41 Å². The van der Waals surface area contributed by atoms with Gasteiger partial charge in [-0.05, 0) is 37.5 Å². The summed E-state index contributed by atoms with van der Waals surface area (Å²) in [6.07, 6.45) is 9.38. The minimum Gasteiger partial charge on any atom is -0.373 e. The maximum absolute atomic E-state index is 4.53. The molecule has 14 heavy (non-hydrogen) atoms. The average Bonchev–Trinajstić information content (AvgIpc) is 2.98. The smallest absolute Gasteiger partial charge is 0.0963 e. The second-order valence-corrected chi connectivity index (χ2v) is 4.89. The number of aliphatic imine (C=N–C) groups is 1. The van der Waals surface area contributed by atoms with Gasteiger partial charge in [-0.2, -0.15) is 0 Å². The summed E-state index contributed by atoms with van der Waals surface area (Å²) in [7, 11) is 0. The molecule has 1 heterocycles. The van der Waals surface area contributed by atoms with Crippen LogP contribution in [-0.4, -0.2) is 18.9 Å². The van der Waals surface area contributed by atoms with Gasteiger partial charge in [-0.3, -0.25) is 4.99 Å². The van der Waals surface area contributed by atoms with Gasteiger partial charge < -0.3 is 5.32 Å². The summed E-state index contributed by atoms with van der Waals surface area (Å²) in [5, 5.41) is 3.56. The number of hydrogen-bond donors (Lipinski definition) is 1. The summed E-state index contributed by atoms with van der Waals surface area (Å²) >= 11 is 0. The Kier molecular flexibility index (Phi) is 3.09. The molecule has 0 unspecified atom stereocenters. The second-order valence-electron chi connectivity index (χ2n) is 4.89. The van der Waals surface area contributed by atoms with Gasteiger partial charge in [-0.15, -0.1) is 0 Å². The van der Waals surface area contributed by atoms with Gasteiger partial charge in [-0.1, -0.05) is 13.3 Å². The number of hydrogen-bond acceptors (Lipinski definition) is 2. The van der Waals surface area contributed by atoms with E-state index in [0.717, 1.165) is 6.54 Å². The van der Waals surface area contributed by atoms with Crippen LogP contribution in [0.4, 0.5) is 0 Å². The molecule has 2 heteroatoms. The lowest BCUT2D eigenvalue weighted by Gasteiger charge is -2.19. The molecule has 80 valence electrons. The van der Waals surface area contributed by atoms with Crippen LogP contribution in [0.15, 0.2) is 4.99 Å². The topological polar surface area (TPSA) is 24.4 Å². The van der Waals surface area contributed by atoms with Crippen LogP contribution in [0.1, 0.15) is 51.9 Å². The number of amidine groups is 1. The number of nitrogens with one attached hydrogen (secondary N) is 1. The molecule has 0 amide bonds. The molecule has 1 N–H and O–H groups in total. The van der Waals surface area contributed by atoms with E-state index >= 15 is 0 Å². The van der Waals surface area contributed by atoms with Crippen LogP contribution >= 0.6 is 0 Å². The molecule has 1 saturated carbocycles. The summed E-state index contributed by atoms with van der Waals surface area (Å²) in [6.45, 7) is 4.51. The molecule has 0 radical (unpaired) electrons. The summed E-state index contributed by atoms with van der Waals surface area (Å²) < 4.78 is 0. The Morgan fingerprint density at radius 2 is 2.21 bits per heavy atom. The molecule has 1 aliphatic heterocycles. The lowest BCUT2D eigenvalue weighted by atomic mass is 10.0. The van der Waals surface area contributed by atoms with E-state index in [4.69, 9.17) is 0 Å². The number of nitrogens with zero attached hydrogens (tertiary/aromatic N) is 1. The van der Waals surface area contributed by atoms with Crippen LogP contribution < -0.4 is 5.32 Å². The zero-order valence-electron chi connectivity index (χ0n) is 9.31. The quantitative estimate of drug-likeness (QED) is 0.731. The fourth-order valence-corrected chi connectivity index (χ4v) is 2.35. The van der Waals surface area contributed by atoms with E-state index < -0.39 is 0 Å². The highest BCUT2D eigenvalue weighted by Gasteiger charge is 2.41. The van der Waals surface area contributed by atoms with Gasteiger partial charge in [0.25, 0.3) is 0 Å². The molecule has 0 saturated heterocycles. The minimum atomic E-state index is 0.661. The third kappa shape index (κ3) is 2.49. The second kappa shape index (κ2) is 4.33. The van der Waals surface area contributed by atoms with Crippen molar-refractivity contribution in [1.29, 1.82) is 0 Å². The Balaban J connectivity index is 1.73. The summed E-state index contributed by atoms with van der Waals surface area (Å²) in [6, 6.07) is 0. The van der Waals surface area contributed by atoms with Crippen molar-refractivity contribution in [3.63, 3.8) is 0 Å². The van der Waals surface area contributed by atoms with Crippen molar-refractivity contribution in [2.75, 3.05) is 13.1 Å². The molecule has 2 aliphatic rings. The average molecular weight is 194 g/mol. The van der Waals surface area contributed by atoms with Crippen LogP contribution in [0.3, 0.4) is 0 Å². The van der Waals surface area contributed by atoms with Crippen LogP contribution in [0.5, 0.6) is 0 Å². The highest BCUT2D eigenvalue weighted by Crippen LogP contribution is 2.48. The van der Waals surface area contributed by atoms with Crippen molar-refractivity contribution >= 4 is 5.84 Å². The van der Waals surface area contributed by atoms with Gasteiger partial charge in [-0.25, -0.2) is 0 Å². The van der Waals surface area contributed by atoms with Crippen molar-refractivity contribution in [2.45, 2.75) is 51.9 Å². The van der Waals surface area contributed by atoms with Crippen LogP contribution in [0, 0.1) is 5.41 Å². The standard InChI is InChI=1S/C12H22N2/c1-2-6-12(7-8-12)10-14-11-5-3-4-9-13-11/h2-10H2,1H3,(H,13,14). The molecule has 0 aromatic carbocycles. The molecule has 2 nitrogen and oxygen atoms in total. The first kappa shape index (κ1) is 10.0. The van der Waals surface area contributed by atoms with E-state index in [1.807, 2.05) is 0 Å². The molecule has 0 aromatic rings. The van der Waals surface area contributed by atoms with Crippen LogP contribution in [0.2, 0.25) is 0 Å². The molecule has 0 spiro atoms. The monoisotopic (exact) mass is 194 g/mol. The normalized spacial score (nSPS) is 24.2. The fraction of sp³-hybridized carbons (Fsp3) is 0.917. The zero-order chi connectivity index (χ0) is 9.86. The van der Waals surface area contributed by atoms with E-state index in [1.165, 1.54) is 57.3 Å². The van der Waals surface area contributed by atoms with E-state index in [2.05, 4.69) is 17.2 Å². The van der Waals surface area contributed by atoms with E-state index in [-0.39, 0.29) is 0 Å². The first-order valence-corrected chi connectivity index (χ1v) is 6.12. The SMILES string of the molecule is CCCC1(CNC2=NCCCC2)CC1. The Hall–Kier alpha value is -0.530. The van der Waals surface area contributed by atoms with Crippen LogP contribution in [-0.2, 0) is 0 Å². The third-order valence-corrected chi connectivity index (χ3v) is 3.53. The van der Waals surface area contributed by atoms with Crippen molar-refractivity contribution in [3.8, 4) is 0 Å². The Labute approximate surface area is 87.2 Å². The highest BCUT2D eigenvalue weighted by atomic mass is 15.0. The first-order valence-electron chi connectivity index (χ1n) is 6.12. The molecule has 2 rings (SSSR count). The van der Waals surface area contributed by atoms with Crippen molar-refractivity contribution in [1.82, 2.24) is 5.32 Å². The molecule has 0 atom stereocenters. The number of rotatable bonds is 4. The van der Waals surface area contributed by atoms with Gasteiger partial charge >= 0.3 is 0 Å². The molecular weight excluding hydrogens is 172 g/mol.